The zero-order valence-corrected chi connectivity index (χ0v) is 23.5. The van der Waals surface area contributed by atoms with E-state index in [1.54, 1.807) is 20.8 Å². The molecule has 6 fully saturated rings. The van der Waals surface area contributed by atoms with Gasteiger partial charge in [-0.25, -0.2) is 27.2 Å². The summed E-state index contributed by atoms with van der Waals surface area (Å²) in [5, 5.41) is 26.9. The number of carbonyl (C=O) groups excluding carboxylic acids is 3. The molecule has 4 heterocycles. The van der Waals surface area contributed by atoms with Gasteiger partial charge in [-0.3, -0.25) is 4.79 Å². The van der Waals surface area contributed by atoms with Crippen LogP contribution < -0.4 is 0 Å². The number of aliphatic hydroxyl groups excluding tert-OH is 1. The van der Waals surface area contributed by atoms with Gasteiger partial charge in [0.05, 0.1) is 28.9 Å². The Labute approximate surface area is 244 Å². The van der Waals surface area contributed by atoms with Gasteiger partial charge in [-0.15, -0.1) is 0 Å². The van der Waals surface area contributed by atoms with Crippen LogP contribution in [0.2, 0.25) is 0 Å². The number of rotatable bonds is 4. The largest absolute Gasteiger partial charge is 0.459 e. The summed E-state index contributed by atoms with van der Waals surface area (Å²) >= 11 is 0. The summed E-state index contributed by atoms with van der Waals surface area (Å²) in [6, 6.07) is 0. The number of azide groups is 1. The Morgan fingerprint density at radius 2 is 1.68 bits per heavy atom. The van der Waals surface area contributed by atoms with Crippen LogP contribution >= 0.6 is 0 Å². The first-order chi connectivity index (χ1) is 20.5. The van der Waals surface area contributed by atoms with Gasteiger partial charge in [-0.05, 0) is 30.2 Å². The Hall–Kier alpha value is -3.50. The van der Waals surface area contributed by atoms with Crippen molar-refractivity contribution in [2.75, 3.05) is 0 Å². The first-order valence-corrected chi connectivity index (χ1v) is 13.7. The predicted octanol–water partition coefficient (Wildman–Crippen LogP) is 2.35. The molecule has 11 atom stereocenters. The third-order valence-corrected chi connectivity index (χ3v) is 10.8. The van der Waals surface area contributed by atoms with Crippen LogP contribution in [0.4, 0.5) is 23.2 Å². The average molecular weight is 628 g/mol. The normalized spacial score (nSPS) is 44.5. The number of halogens is 4. The molecule has 44 heavy (non-hydrogen) atoms. The van der Waals surface area contributed by atoms with Crippen molar-refractivity contribution in [2.24, 2.45) is 33.2 Å². The van der Waals surface area contributed by atoms with Crippen molar-refractivity contribution in [3.63, 3.8) is 0 Å². The van der Waals surface area contributed by atoms with Crippen LogP contribution in [0, 0.1) is 51.3 Å². The van der Waals surface area contributed by atoms with Crippen LogP contribution in [0.1, 0.15) is 39.7 Å². The number of hydrogen-bond acceptors (Lipinski definition) is 11. The molecule has 4 saturated heterocycles. The van der Waals surface area contributed by atoms with Gasteiger partial charge in [0, 0.05) is 4.91 Å². The fraction of sp³-hybridized carbons (Fsp3) is 0.667. The monoisotopic (exact) mass is 627 g/mol. The maximum Gasteiger partial charge on any atom is 0.343 e. The average Bonchev–Trinajstić information content (AvgIpc) is 3.67. The van der Waals surface area contributed by atoms with Crippen molar-refractivity contribution in [2.45, 2.75) is 82.6 Å². The summed E-state index contributed by atoms with van der Waals surface area (Å²) in [4.78, 5) is 42.2. The molecule has 0 amide bonds. The van der Waals surface area contributed by atoms with Crippen molar-refractivity contribution < 1.29 is 65.8 Å². The highest BCUT2D eigenvalue weighted by Gasteiger charge is 3.04. The molecule has 6 unspecified atom stereocenters. The zero-order chi connectivity index (χ0) is 32.1. The summed E-state index contributed by atoms with van der Waals surface area (Å²) in [5.41, 5.74) is -4.15. The van der Waals surface area contributed by atoms with E-state index >= 15 is 0 Å². The van der Waals surface area contributed by atoms with Crippen molar-refractivity contribution in [3.05, 3.63) is 39.3 Å². The SMILES string of the molecule is C[C@@H]1C(=O)OC2[C@H](O)C34C5CC(C(C)(C)C)C36C(OC(=O)[C@@H]6OCc3c(F)c(F)c(N=[N+]=[N-])c(F)c3F)O[C@]4(C(=O)O5)[C@]21O. The Bertz CT molecular complexity index is 1600. The molecule has 13 nitrogen and oxygen atoms in total. The molecule has 2 saturated carbocycles. The molecule has 1 aromatic rings. The van der Waals surface area contributed by atoms with Crippen LogP contribution in [0.25, 0.3) is 10.4 Å². The molecule has 2 aliphatic carbocycles. The molecular weight excluding hydrogens is 602 g/mol. The third-order valence-electron chi connectivity index (χ3n) is 10.8. The van der Waals surface area contributed by atoms with E-state index < -0.39 is 129 Å². The van der Waals surface area contributed by atoms with E-state index in [-0.39, 0.29) is 6.42 Å². The lowest BCUT2D eigenvalue weighted by atomic mass is 9.51. The van der Waals surface area contributed by atoms with E-state index in [1.807, 2.05) is 0 Å². The molecule has 2 spiro atoms. The fourth-order valence-electron chi connectivity index (χ4n) is 9.39. The number of carbonyl (C=O) groups is 3. The highest BCUT2D eigenvalue weighted by molar-refractivity contribution is 5.94. The van der Waals surface area contributed by atoms with Crippen molar-refractivity contribution in [3.8, 4) is 0 Å². The second kappa shape index (κ2) is 8.40. The first kappa shape index (κ1) is 29.2. The second-order valence-corrected chi connectivity index (χ2v) is 13.2. The van der Waals surface area contributed by atoms with Gasteiger partial charge in [-0.1, -0.05) is 25.9 Å². The molecule has 17 heteroatoms. The summed E-state index contributed by atoms with van der Waals surface area (Å²) in [7, 11) is 0. The lowest BCUT2D eigenvalue weighted by Gasteiger charge is -2.48. The number of ether oxygens (including phenoxy) is 5. The Kier molecular flexibility index (Phi) is 5.58. The molecule has 2 N–H and O–H groups in total. The van der Waals surface area contributed by atoms with Crippen LogP contribution in [0.5, 0.6) is 0 Å². The summed E-state index contributed by atoms with van der Waals surface area (Å²) in [6.07, 6.45) is -8.50. The standard InChI is InChI=1S/C27H25F4N3O10/c1-7-19(36)42-17-16(35)25-10-5-9(23(2,3)4)24(25)18(20(37)43-22(24)44-27(25,21(38)41-10)26(7,17)39)40-6-8-11(28)13(30)15(33-34-32)14(31)12(8)29/h7,9-10,16-18,22,35,39H,5-6H2,1-4H3/t7-,9?,10?,16+,17?,18+,22?,24?,25?,26-,27+/m1/s1. The molecule has 7 rings (SSSR count). The third kappa shape index (κ3) is 2.67. The van der Waals surface area contributed by atoms with Gasteiger partial charge >= 0.3 is 17.9 Å². The van der Waals surface area contributed by atoms with Crippen molar-refractivity contribution in [1.29, 1.82) is 0 Å². The maximum atomic E-state index is 15.0. The first-order valence-electron chi connectivity index (χ1n) is 13.7. The summed E-state index contributed by atoms with van der Waals surface area (Å²) in [5.74, 6) is -13.4. The number of nitrogens with zero attached hydrogens (tertiary/aromatic N) is 3. The van der Waals surface area contributed by atoms with Crippen LogP contribution in [0.15, 0.2) is 5.11 Å². The van der Waals surface area contributed by atoms with Crippen LogP contribution in [0.3, 0.4) is 0 Å². The van der Waals surface area contributed by atoms with E-state index in [2.05, 4.69) is 10.0 Å². The topological polar surface area (TPSA) is 187 Å². The van der Waals surface area contributed by atoms with Crippen molar-refractivity contribution >= 4 is 23.6 Å². The summed E-state index contributed by atoms with van der Waals surface area (Å²) in [6.45, 7) is 5.30. The highest BCUT2D eigenvalue weighted by Crippen LogP contribution is 2.84. The van der Waals surface area contributed by atoms with Gasteiger partial charge in [0.25, 0.3) is 0 Å². The minimum Gasteiger partial charge on any atom is -0.459 e. The molecule has 6 aliphatic rings. The quantitative estimate of drug-likeness (QED) is 0.0955. The molecule has 1 aromatic carbocycles. The Morgan fingerprint density at radius 3 is 2.27 bits per heavy atom. The van der Waals surface area contributed by atoms with Gasteiger partial charge in [-0.2, -0.15) is 0 Å². The Morgan fingerprint density at radius 1 is 1.05 bits per heavy atom. The molecular formula is C27H25F4N3O10. The number of aliphatic hydroxyl groups is 2. The fourth-order valence-corrected chi connectivity index (χ4v) is 9.39. The highest BCUT2D eigenvalue weighted by atomic mass is 19.2. The second-order valence-electron chi connectivity index (χ2n) is 13.2. The Balaban J connectivity index is 1.43. The van der Waals surface area contributed by atoms with Gasteiger partial charge in [0.15, 0.2) is 41.1 Å². The van der Waals surface area contributed by atoms with E-state index in [9.17, 15) is 42.2 Å². The van der Waals surface area contributed by atoms with E-state index in [0.717, 1.165) is 0 Å². The lowest BCUT2D eigenvalue weighted by Crippen LogP contribution is -2.67. The summed E-state index contributed by atoms with van der Waals surface area (Å²) < 4.78 is 87.8. The molecule has 0 aromatic heterocycles. The molecule has 236 valence electrons. The number of fused-ring (bicyclic) bond motifs is 1. The predicted molar refractivity (Wildman–Crippen MR) is 130 cm³/mol. The number of hydrogen-bond donors (Lipinski definition) is 2. The lowest BCUT2D eigenvalue weighted by molar-refractivity contribution is -0.240. The van der Waals surface area contributed by atoms with E-state index in [1.165, 1.54) is 6.92 Å². The minimum absolute atomic E-state index is 0.0254. The van der Waals surface area contributed by atoms with Crippen molar-refractivity contribution in [1.82, 2.24) is 0 Å². The number of benzene rings is 1. The molecule has 0 radical (unpaired) electrons. The molecule has 0 bridgehead atoms. The maximum absolute atomic E-state index is 15.0. The van der Waals surface area contributed by atoms with Gasteiger partial charge in [0.1, 0.15) is 17.9 Å². The van der Waals surface area contributed by atoms with Crippen LogP contribution in [-0.2, 0) is 44.7 Å². The van der Waals surface area contributed by atoms with E-state index in [4.69, 9.17) is 29.2 Å². The van der Waals surface area contributed by atoms with Gasteiger partial charge < -0.3 is 33.9 Å². The minimum atomic E-state index is -2.51. The van der Waals surface area contributed by atoms with E-state index in [0.29, 0.717) is 0 Å². The zero-order valence-electron chi connectivity index (χ0n) is 23.5. The van der Waals surface area contributed by atoms with Gasteiger partial charge in [0.2, 0.25) is 11.9 Å². The smallest absolute Gasteiger partial charge is 0.343 e. The van der Waals surface area contributed by atoms with Crippen LogP contribution in [-0.4, -0.2) is 70.0 Å². The number of esters is 3. The molecule has 4 aliphatic heterocycles.